The van der Waals surface area contributed by atoms with Gasteiger partial charge in [0.05, 0.1) is 6.54 Å². The number of anilines is 1. The first-order chi connectivity index (χ1) is 10.0. The number of nitrogens with one attached hydrogen (secondary N) is 1. The molecule has 1 amide bonds. The molecule has 21 heavy (non-hydrogen) atoms. The maximum Gasteiger partial charge on any atom is 0.251 e. The number of aryl methyl sites for hydroxylation is 1. The van der Waals surface area contributed by atoms with Crippen molar-refractivity contribution in [1.82, 2.24) is 5.32 Å². The summed E-state index contributed by atoms with van der Waals surface area (Å²) in [6, 6.07) is 11.4. The molecule has 0 radical (unpaired) electrons. The molecule has 2 aromatic rings. The van der Waals surface area contributed by atoms with E-state index in [0.29, 0.717) is 13.2 Å². The van der Waals surface area contributed by atoms with Crippen molar-refractivity contribution in [2.24, 2.45) is 0 Å². The van der Waals surface area contributed by atoms with Crippen LogP contribution >= 0.6 is 0 Å². The molecule has 0 aliphatic carbocycles. The van der Waals surface area contributed by atoms with Crippen LogP contribution in [0.1, 0.15) is 15.9 Å². The van der Waals surface area contributed by atoms with Gasteiger partial charge in [-0.2, -0.15) is 0 Å². The Morgan fingerprint density at radius 3 is 2.81 bits per heavy atom. The van der Waals surface area contributed by atoms with Crippen LogP contribution in [0.4, 0.5) is 10.1 Å². The van der Waals surface area contributed by atoms with Crippen LogP contribution in [0.5, 0.6) is 5.75 Å². The largest absolute Gasteiger partial charge is 0.492 e. The predicted octanol–water partition coefficient (Wildman–Crippen LogP) is 2.53. The van der Waals surface area contributed by atoms with Gasteiger partial charge in [0.25, 0.3) is 5.91 Å². The summed E-state index contributed by atoms with van der Waals surface area (Å²) in [5.74, 6) is -0.163. The molecule has 2 rings (SSSR count). The zero-order valence-electron chi connectivity index (χ0n) is 11.7. The first-order valence-electron chi connectivity index (χ1n) is 6.58. The highest BCUT2D eigenvalue weighted by Crippen LogP contribution is 2.12. The van der Waals surface area contributed by atoms with Gasteiger partial charge in [0.1, 0.15) is 18.2 Å². The summed E-state index contributed by atoms with van der Waals surface area (Å²) in [5.41, 5.74) is 7.02. The topological polar surface area (TPSA) is 64.3 Å². The highest BCUT2D eigenvalue weighted by atomic mass is 19.1. The number of hydrogen-bond donors (Lipinski definition) is 2. The third kappa shape index (κ3) is 4.49. The van der Waals surface area contributed by atoms with Crippen LogP contribution in [-0.2, 0) is 0 Å². The highest BCUT2D eigenvalue weighted by molar-refractivity contribution is 5.95. The minimum Gasteiger partial charge on any atom is -0.492 e. The molecule has 0 bridgehead atoms. The minimum atomic E-state index is -0.531. The highest BCUT2D eigenvalue weighted by Gasteiger charge is 2.07. The zero-order valence-corrected chi connectivity index (χ0v) is 11.7. The van der Waals surface area contributed by atoms with E-state index in [1.807, 2.05) is 31.2 Å². The van der Waals surface area contributed by atoms with E-state index in [1.54, 1.807) is 0 Å². The van der Waals surface area contributed by atoms with Gasteiger partial charge >= 0.3 is 0 Å². The number of nitrogens with two attached hydrogens (primary N) is 1. The lowest BCUT2D eigenvalue weighted by atomic mass is 10.2. The number of nitrogen functional groups attached to an aromatic ring is 1. The SMILES string of the molecule is Cc1cccc(OCCNC(=O)c2cc(N)cc(F)c2)c1. The van der Waals surface area contributed by atoms with Gasteiger partial charge in [-0.15, -0.1) is 0 Å². The van der Waals surface area contributed by atoms with Gasteiger partial charge in [0.2, 0.25) is 0 Å². The van der Waals surface area contributed by atoms with Gasteiger partial charge in [-0.1, -0.05) is 12.1 Å². The van der Waals surface area contributed by atoms with Crippen molar-refractivity contribution < 1.29 is 13.9 Å². The second-order valence-electron chi connectivity index (χ2n) is 4.69. The quantitative estimate of drug-likeness (QED) is 0.656. The minimum absolute atomic E-state index is 0.197. The van der Waals surface area contributed by atoms with Gasteiger partial charge < -0.3 is 15.8 Å². The number of ether oxygens (including phenoxy) is 1. The molecule has 0 unspecified atom stereocenters. The average Bonchev–Trinajstić information content (AvgIpc) is 2.42. The Bertz CT molecular complexity index is 624. The molecule has 0 aliphatic rings. The molecule has 2 aromatic carbocycles. The summed E-state index contributed by atoms with van der Waals surface area (Å²) >= 11 is 0. The second-order valence-corrected chi connectivity index (χ2v) is 4.69. The maximum absolute atomic E-state index is 13.2. The average molecular weight is 288 g/mol. The van der Waals surface area contributed by atoms with Crippen molar-refractivity contribution in [3.63, 3.8) is 0 Å². The lowest BCUT2D eigenvalue weighted by Crippen LogP contribution is -2.28. The number of hydrogen-bond acceptors (Lipinski definition) is 3. The van der Waals surface area contributed by atoms with Crippen LogP contribution in [0.25, 0.3) is 0 Å². The molecule has 0 heterocycles. The van der Waals surface area contributed by atoms with Crippen LogP contribution in [0.3, 0.4) is 0 Å². The lowest BCUT2D eigenvalue weighted by molar-refractivity contribution is 0.0946. The fraction of sp³-hybridized carbons (Fsp3) is 0.188. The zero-order chi connectivity index (χ0) is 15.2. The first-order valence-corrected chi connectivity index (χ1v) is 6.58. The van der Waals surface area contributed by atoms with Crippen molar-refractivity contribution in [3.8, 4) is 5.75 Å². The second kappa shape index (κ2) is 6.74. The number of carbonyl (C=O) groups is 1. The van der Waals surface area contributed by atoms with Crippen LogP contribution < -0.4 is 15.8 Å². The third-order valence-electron chi connectivity index (χ3n) is 2.83. The Balaban J connectivity index is 1.82. The summed E-state index contributed by atoms with van der Waals surface area (Å²) < 4.78 is 18.7. The molecule has 110 valence electrons. The fourth-order valence-electron chi connectivity index (χ4n) is 1.88. The van der Waals surface area contributed by atoms with E-state index in [1.165, 1.54) is 6.07 Å². The number of halogens is 1. The van der Waals surface area contributed by atoms with Crippen LogP contribution in [0, 0.1) is 12.7 Å². The molecule has 0 fully saturated rings. The molecular formula is C16H17FN2O2. The van der Waals surface area contributed by atoms with Crippen LogP contribution in [0.15, 0.2) is 42.5 Å². The molecule has 0 atom stereocenters. The van der Waals surface area contributed by atoms with E-state index in [0.717, 1.165) is 23.4 Å². The van der Waals surface area contributed by atoms with E-state index in [2.05, 4.69) is 5.32 Å². The standard InChI is InChI=1S/C16H17FN2O2/c1-11-3-2-4-15(7-11)21-6-5-19-16(20)12-8-13(17)10-14(18)9-12/h2-4,7-10H,5-6,18H2,1H3,(H,19,20). The van der Waals surface area contributed by atoms with Gasteiger partial charge in [-0.05, 0) is 42.8 Å². The molecule has 4 nitrogen and oxygen atoms in total. The van der Waals surface area contributed by atoms with Gasteiger partial charge in [-0.3, -0.25) is 4.79 Å². The van der Waals surface area contributed by atoms with E-state index < -0.39 is 5.82 Å². The van der Waals surface area contributed by atoms with Gasteiger partial charge in [0.15, 0.2) is 0 Å². The summed E-state index contributed by atoms with van der Waals surface area (Å²) in [6.07, 6.45) is 0. The Labute approximate surface area is 122 Å². The van der Waals surface area contributed by atoms with Crippen molar-refractivity contribution in [3.05, 3.63) is 59.4 Å². The van der Waals surface area contributed by atoms with Crippen molar-refractivity contribution in [2.45, 2.75) is 6.92 Å². The molecule has 0 saturated heterocycles. The van der Waals surface area contributed by atoms with E-state index in [4.69, 9.17) is 10.5 Å². The van der Waals surface area contributed by atoms with E-state index in [-0.39, 0.29) is 17.2 Å². The molecular weight excluding hydrogens is 271 g/mol. The first kappa shape index (κ1) is 14.8. The predicted molar refractivity (Wildman–Crippen MR) is 79.8 cm³/mol. The molecule has 0 spiro atoms. The van der Waals surface area contributed by atoms with Crippen molar-refractivity contribution >= 4 is 11.6 Å². The lowest BCUT2D eigenvalue weighted by Gasteiger charge is -2.08. The molecule has 0 aliphatic heterocycles. The number of benzene rings is 2. The fourth-order valence-corrected chi connectivity index (χ4v) is 1.88. The number of carbonyl (C=O) groups excluding carboxylic acids is 1. The number of rotatable bonds is 5. The number of amides is 1. The molecule has 0 aromatic heterocycles. The molecule has 5 heteroatoms. The summed E-state index contributed by atoms with van der Waals surface area (Å²) in [6.45, 7) is 2.63. The molecule has 0 saturated carbocycles. The monoisotopic (exact) mass is 288 g/mol. The van der Waals surface area contributed by atoms with Gasteiger partial charge in [-0.25, -0.2) is 4.39 Å². The van der Waals surface area contributed by atoms with E-state index in [9.17, 15) is 9.18 Å². The van der Waals surface area contributed by atoms with E-state index >= 15 is 0 Å². The third-order valence-corrected chi connectivity index (χ3v) is 2.83. The van der Waals surface area contributed by atoms with Crippen LogP contribution in [0.2, 0.25) is 0 Å². The maximum atomic E-state index is 13.2. The Morgan fingerprint density at radius 2 is 2.10 bits per heavy atom. The van der Waals surface area contributed by atoms with Crippen molar-refractivity contribution in [1.29, 1.82) is 0 Å². The summed E-state index contributed by atoms with van der Waals surface area (Å²) in [5, 5.41) is 2.65. The van der Waals surface area contributed by atoms with Crippen molar-refractivity contribution in [2.75, 3.05) is 18.9 Å². The summed E-state index contributed by atoms with van der Waals surface area (Å²) in [7, 11) is 0. The normalized spacial score (nSPS) is 10.2. The van der Waals surface area contributed by atoms with Gasteiger partial charge in [0, 0.05) is 11.3 Å². The Morgan fingerprint density at radius 1 is 1.29 bits per heavy atom. The smallest absolute Gasteiger partial charge is 0.251 e. The Hall–Kier alpha value is -2.56. The summed E-state index contributed by atoms with van der Waals surface area (Å²) in [4.78, 5) is 11.8. The van der Waals surface area contributed by atoms with Crippen LogP contribution in [-0.4, -0.2) is 19.1 Å². The Kier molecular flexibility index (Phi) is 4.77. The molecule has 3 N–H and O–H groups in total.